The van der Waals surface area contributed by atoms with Crippen molar-refractivity contribution in [2.45, 2.75) is 38.6 Å². The summed E-state index contributed by atoms with van der Waals surface area (Å²) in [6, 6.07) is 8.35. The predicted octanol–water partition coefficient (Wildman–Crippen LogP) is 4.42. The van der Waals surface area contributed by atoms with Gasteiger partial charge in [0.1, 0.15) is 30.5 Å². The van der Waals surface area contributed by atoms with Crippen molar-refractivity contribution < 1.29 is 9.47 Å². The molecular weight excluding hydrogens is 340 g/mol. The number of hydrogen-bond acceptors (Lipinski definition) is 5. The summed E-state index contributed by atoms with van der Waals surface area (Å²) in [5.41, 5.74) is 2.07. The summed E-state index contributed by atoms with van der Waals surface area (Å²) in [6.45, 7) is 5.63. The Labute approximate surface area is 158 Å². The van der Waals surface area contributed by atoms with Gasteiger partial charge in [-0.25, -0.2) is 9.97 Å². The summed E-state index contributed by atoms with van der Waals surface area (Å²) in [5.74, 6) is 4.36. The molecule has 0 spiro atoms. The molecule has 1 saturated carbocycles. The first-order valence-corrected chi connectivity index (χ1v) is 9.70. The standard InChI is InChI=1S/C21H24N4O2/c1-12(2)18(14-5-6-16-17(11-14)27-10-9-26-16)23-21-15-7-8-22-20(15)24-19(25-21)13-3-4-13/h5-8,11-13,18H,3-4,9-10H2,1-2H3,(H2,22,23,24,25)/t18-/m1/s1. The van der Waals surface area contributed by atoms with Gasteiger partial charge in [0.25, 0.3) is 0 Å². The molecule has 27 heavy (non-hydrogen) atoms. The van der Waals surface area contributed by atoms with Crippen LogP contribution in [0.2, 0.25) is 0 Å². The van der Waals surface area contributed by atoms with E-state index in [2.05, 4.69) is 36.3 Å². The zero-order valence-electron chi connectivity index (χ0n) is 15.7. The first-order valence-electron chi connectivity index (χ1n) is 9.70. The molecule has 1 aliphatic carbocycles. The van der Waals surface area contributed by atoms with E-state index in [4.69, 9.17) is 19.4 Å². The number of nitrogens with zero attached hydrogens (tertiary/aromatic N) is 2. The highest BCUT2D eigenvalue weighted by Gasteiger charge is 2.28. The topological polar surface area (TPSA) is 72.1 Å². The van der Waals surface area contributed by atoms with E-state index in [1.165, 1.54) is 18.4 Å². The van der Waals surface area contributed by atoms with Gasteiger partial charge in [0.2, 0.25) is 0 Å². The number of benzene rings is 1. The number of rotatable bonds is 5. The Balaban J connectivity index is 1.52. The van der Waals surface area contributed by atoms with E-state index in [-0.39, 0.29) is 6.04 Å². The van der Waals surface area contributed by atoms with E-state index < -0.39 is 0 Å². The average molecular weight is 364 g/mol. The van der Waals surface area contributed by atoms with Crippen LogP contribution in [0.3, 0.4) is 0 Å². The molecule has 5 rings (SSSR count). The third-order valence-corrected chi connectivity index (χ3v) is 5.26. The van der Waals surface area contributed by atoms with E-state index in [9.17, 15) is 0 Å². The van der Waals surface area contributed by atoms with Gasteiger partial charge in [-0.05, 0) is 42.5 Å². The second-order valence-corrected chi connectivity index (χ2v) is 7.71. The molecular formula is C21H24N4O2. The maximum absolute atomic E-state index is 5.78. The smallest absolute Gasteiger partial charge is 0.161 e. The van der Waals surface area contributed by atoms with Crippen LogP contribution in [0, 0.1) is 5.92 Å². The number of nitrogens with one attached hydrogen (secondary N) is 2. The van der Waals surface area contributed by atoms with E-state index in [1.54, 1.807) is 0 Å². The predicted molar refractivity (Wildman–Crippen MR) is 104 cm³/mol. The lowest BCUT2D eigenvalue weighted by Gasteiger charge is -2.26. The first kappa shape index (κ1) is 16.4. The fourth-order valence-corrected chi connectivity index (χ4v) is 3.63. The summed E-state index contributed by atoms with van der Waals surface area (Å²) in [7, 11) is 0. The highest BCUT2D eigenvalue weighted by atomic mass is 16.6. The Morgan fingerprint density at radius 1 is 1.07 bits per heavy atom. The van der Waals surface area contributed by atoms with E-state index >= 15 is 0 Å². The van der Waals surface area contributed by atoms with Crippen molar-refractivity contribution in [2.75, 3.05) is 18.5 Å². The molecule has 3 aromatic rings. The summed E-state index contributed by atoms with van der Waals surface area (Å²) >= 11 is 0. The van der Waals surface area contributed by atoms with Crippen LogP contribution in [-0.4, -0.2) is 28.2 Å². The Kier molecular flexibility index (Phi) is 3.92. The minimum atomic E-state index is 0.112. The van der Waals surface area contributed by atoms with Gasteiger partial charge in [0, 0.05) is 12.1 Å². The Bertz CT molecular complexity index is 977. The molecule has 1 aliphatic heterocycles. The highest BCUT2D eigenvalue weighted by Crippen LogP contribution is 2.40. The van der Waals surface area contributed by atoms with Crippen LogP contribution in [0.25, 0.3) is 11.0 Å². The minimum absolute atomic E-state index is 0.112. The van der Waals surface area contributed by atoms with Gasteiger partial charge >= 0.3 is 0 Å². The van der Waals surface area contributed by atoms with E-state index in [0.717, 1.165) is 34.2 Å². The molecule has 0 saturated heterocycles. The number of fused-ring (bicyclic) bond motifs is 2. The fraction of sp³-hybridized carbons (Fsp3) is 0.429. The number of aromatic nitrogens is 3. The van der Waals surface area contributed by atoms with Crippen molar-refractivity contribution in [3.8, 4) is 11.5 Å². The van der Waals surface area contributed by atoms with Crippen molar-refractivity contribution in [3.63, 3.8) is 0 Å². The second kappa shape index (κ2) is 6.44. The molecule has 0 amide bonds. The van der Waals surface area contributed by atoms with Crippen molar-refractivity contribution in [3.05, 3.63) is 41.9 Å². The second-order valence-electron chi connectivity index (χ2n) is 7.71. The van der Waals surface area contributed by atoms with Gasteiger partial charge in [-0.1, -0.05) is 19.9 Å². The molecule has 2 N–H and O–H groups in total. The van der Waals surface area contributed by atoms with Gasteiger partial charge in [-0.15, -0.1) is 0 Å². The van der Waals surface area contributed by atoms with E-state index in [1.807, 2.05) is 18.3 Å². The van der Waals surface area contributed by atoms with Crippen LogP contribution >= 0.6 is 0 Å². The molecule has 6 nitrogen and oxygen atoms in total. The van der Waals surface area contributed by atoms with Gasteiger partial charge < -0.3 is 19.8 Å². The molecule has 0 unspecified atom stereocenters. The summed E-state index contributed by atoms with van der Waals surface area (Å²) < 4.78 is 11.4. The third kappa shape index (κ3) is 3.09. The van der Waals surface area contributed by atoms with Crippen LogP contribution in [0.1, 0.15) is 50.0 Å². The van der Waals surface area contributed by atoms with Crippen LogP contribution in [-0.2, 0) is 0 Å². The quantitative estimate of drug-likeness (QED) is 0.701. The zero-order chi connectivity index (χ0) is 18.4. The highest BCUT2D eigenvalue weighted by molar-refractivity contribution is 5.87. The molecule has 140 valence electrons. The monoisotopic (exact) mass is 364 g/mol. The maximum atomic E-state index is 5.78. The van der Waals surface area contributed by atoms with Crippen molar-refractivity contribution in [1.29, 1.82) is 0 Å². The van der Waals surface area contributed by atoms with Gasteiger partial charge in [-0.2, -0.15) is 0 Å². The Morgan fingerprint density at radius 3 is 2.67 bits per heavy atom. The molecule has 0 bridgehead atoms. The minimum Gasteiger partial charge on any atom is -0.486 e. The number of ether oxygens (including phenoxy) is 2. The van der Waals surface area contributed by atoms with Crippen LogP contribution in [0.4, 0.5) is 5.82 Å². The van der Waals surface area contributed by atoms with E-state index in [0.29, 0.717) is 25.0 Å². The molecule has 1 aromatic carbocycles. The fourth-order valence-electron chi connectivity index (χ4n) is 3.63. The molecule has 6 heteroatoms. The van der Waals surface area contributed by atoms with Crippen LogP contribution in [0.15, 0.2) is 30.5 Å². The molecule has 1 atom stereocenters. The Morgan fingerprint density at radius 2 is 1.89 bits per heavy atom. The maximum Gasteiger partial charge on any atom is 0.161 e. The largest absolute Gasteiger partial charge is 0.486 e. The SMILES string of the molecule is CC(C)[C@@H](Nc1nc(C2CC2)nc2[nH]ccc12)c1ccc2c(c1)OCCO2. The normalized spacial score (nSPS) is 17.3. The molecule has 3 heterocycles. The van der Waals surface area contributed by atoms with Crippen molar-refractivity contribution in [1.82, 2.24) is 15.0 Å². The number of hydrogen-bond donors (Lipinski definition) is 2. The molecule has 1 fully saturated rings. The molecule has 2 aromatic heterocycles. The van der Waals surface area contributed by atoms with Gasteiger partial charge in [0.15, 0.2) is 11.5 Å². The Hall–Kier alpha value is -2.76. The van der Waals surface area contributed by atoms with Gasteiger partial charge in [0.05, 0.1) is 11.4 Å². The summed E-state index contributed by atoms with van der Waals surface area (Å²) in [5, 5.41) is 4.72. The number of H-pyrrole nitrogens is 1. The third-order valence-electron chi connectivity index (χ3n) is 5.26. The number of aromatic amines is 1. The lowest BCUT2D eigenvalue weighted by molar-refractivity contribution is 0.171. The molecule has 2 aliphatic rings. The van der Waals surface area contributed by atoms with Crippen LogP contribution < -0.4 is 14.8 Å². The lowest BCUT2D eigenvalue weighted by Crippen LogP contribution is -2.20. The number of anilines is 1. The van der Waals surface area contributed by atoms with Crippen molar-refractivity contribution in [2.24, 2.45) is 5.92 Å². The van der Waals surface area contributed by atoms with Crippen LogP contribution in [0.5, 0.6) is 11.5 Å². The van der Waals surface area contributed by atoms with Crippen molar-refractivity contribution >= 4 is 16.9 Å². The molecule has 0 radical (unpaired) electrons. The summed E-state index contributed by atoms with van der Waals surface area (Å²) in [4.78, 5) is 12.8. The average Bonchev–Trinajstić information content (AvgIpc) is 3.42. The zero-order valence-corrected chi connectivity index (χ0v) is 15.7. The lowest BCUT2D eigenvalue weighted by atomic mass is 9.95. The summed E-state index contributed by atoms with van der Waals surface area (Å²) in [6.07, 6.45) is 4.29. The first-order chi connectivity index (χ1) is 13.2. The van der Waals surface area contributed by atoms with Gasteiger partial charge in [-0.3, -0.25) is 0 Å².